The summed E-state index contributed by atoms with van der Waals surface area (Å²) in [5.41, 5.74) is -0.706. The lowest BCUT2D eigenvalue weighted by Gasteiger charge is -2.26. The largest absolute Gasteiger partial charge is 0.495 e. The lowest BCUT2D eigenvalue weighted by atomic mass is 10.0. The predicted molar refractivity (Wildman–Crippen MR) is 63.2 cm³/mol. The molecule has 1 unspecified atom stereocenters. The average Bonchev–Trinajstić information content (AvgIpc) is 2.36. The molecule has 0 saturated carbocycles. The first-order valence-electron chi connectivity index (χ1n) is 5.10. The number of methoxy groups -OCH3 is 2. The van der Waals surface area contributed by atoms with Gasteiger partial charge >= 0.3 is 12.1 Å². The number of aliphatic hydroxyl groups excluding tert-OH is 1. The molecule has 0 aliphatic carbocycles. The van der Waals surface area contributed by atoms with Crippen LogP contribution < -0.4 is 9.47 Å². The SMILES string of the molecule is COc1ccc(C(O)C(F)(F)C(F)(F)F)c(OC)c1Br. The fraction of sp³-hybridized carbons (Fsp3) is 0.455. The third-order valence-corrected chi connectivity index (χ3v) is 3.28. The Balaban J connectivity index is 3.37. The van der Waals surface area contributed by atoms with Gasteiger partial charge in [-0.3, -0.25) is 0 Å². The van der Waals surface area contributed by atoms with Crippen molar-refractivity contribution in [2.24, 2.45) is 0 Å². The van der Waals surface area contributed by atoms with E-state index in [1.807, 2.05) is 0 Å². The van der Waals surface area contributed by atoms with Crippen LogP contribution in [0.5, 0.6) is 11.5 Å². The summed E-state index contributed by atoms with van der Waals surface area (Å²) in [7, 11) is 2.35. The lowest BCUT2D eigenvalue weighted by Crippen LogP contribution is -2.42. The maximum absolute atomic E-state index is 13.2. The van der Waals surface area contributed by atoms with Crippen LogP contribution in [0.1, 0.15) is 11.7 Å². The minimum Gasteiger partial charge on any atom is -0.495 e. The van der Waals surface area contributed by atoms with E-state index in [0.717, 1.165) is 19.2 Å². The van der Waals surface area contributed by atoms with Gasteiger partial charge in [0.2, 0.25) is 0 Å². The second-order valence-corrected chi connectivity index (χ2v) is 4.52. The predicted octanol–water partition coefficient (Wildman–Crippen LogP) is 3.70. The molecule has 20 heavy (non-hydrogen) atoms. The van der Waals surface area contributed by atoms with Gasteiger partial charge in [-0.2, -0.15) is 22.0 Å². The first-order valence-corrected chi connectivity index (χ1v) is 5.90. The molecule has 0 spiro atoms. The summed E-state index contributed by atoms with van der Waals surface area (Å²) >= 11 is 2.95. The zero-order valence-electron chi connectivity index (χ0n) is 10.3. The van der Waals surface area contributed by atoms with Crippen LogP contribution in [0.4, 0.5) is 22.0 Å². The standard InChI is InChI=1S/C11H10BrF5O3/c1-19-6-4-3-5(8(20-2)7(6)12)9(18)10(13,14)11(15,16)17/h3-4,9,18H,1-2H3. The second-order valence-electron chi connectivity index (χ2n) is 3.73. The van der Waals surface area contributed by atoms with Crippen LogP contribution in [0, 0.1) is 0 Å². The van der Waals surface area contributed by atoms with Gasteiger partial charge in [0, 0.05) is 5.56 Å². The van der Waals surface area contributed by atoms with Gasteiger partial charge in [0.05, 0.1) is 14.2 Å². The van der Waals surface area contributed by atoms with Gasteiger partial charge in [-0.25, -0.2) is 0 Å². The fourth-order valence-electron chi connectivity index (χ4n) is 1.48. The third-order valence-electron chi connectivity index (χ3n) is 2.53. The van der Waals surface area contributed by atoms with E-state index < -0.39 is 23.8 Å². The molecule has 9 heteroatoms. The van der Waals surface area contributed by atoms with Crippen LogP contribution in [-0.2, 0) is 0 Å². The Hall–Kier alpha value is -1.09. The molecule has 0 fully saturated rings. The number of ether oxygens (including phenoxy) is 2. The zero-order valence-corrected chi connectivity index (χ0v) is 11.8. The summed E-state index contributed by atoms with van der Waals surface area (Å²) in [6.07, 6.45) is -8.98. The Labute approximate surface area is 119 Å². The number of rotatable bonds is 4. The van der Waals surface area contributed by atoms with Crippen LogP contribution in [-0.4, -0.2) is 31.4 Å². The molecule has 1 aromatic carbocycles. The van der Waals surface area contributed by atoms with E-state index in [0.29, 0.717) is 0 Å². The minimum absolute atomic E-state index is 0.0250. The van der Waals surface area contributed by atoms with Crippen molar-refractivity contribution in [3.05, 3.63) is 22.2 Å². The maximum Gasteiger partial charge on any atom is 0.456 e. The molecule has 0 saturated heterocycles. The molecule has 0 heterocycles. The normalized spacial score (nSPS) is 14.1. The Bertz CT molecular complexity index is 490. The van der Waals surface area contributed by atoms with E-state index in [1.165, 1.54) is 7.11 Å². The lowest BCUT2D eigenvalue weighted by molar-refractivity contribution is -0.315. The number of benzene rings is 1. The van der Waals surface area contributed by atoms with Crippen molar-refractivity contribution in [3.63, 3.8) is 0 Å². The topological polar surface area (TPSA) is 38.7 Å². The van der Waals surface area contributed by atoms with Crippen molar-refractivity contribution in [2.45, 2.75) is 18.2 Å². The highest BCUT2D eigenvalue weighted by atomic mass is 79.9. The van der Waals surface area contributed by atoms with Crippen molar-refractivity contribution >= 4 is 15.9 Å². The molecule has 0 aliphatic rings. The highest BCUT2D eigenvalue weighted by Gasteiger charge is 2.63. The quantitative estimate of drug-likeness (QED) is 0.828. The van der Waals surface area contributed by atoms with Gasteiger partial charge < -0.3 is 14.6 Å². The van der Waals surface area contributed by atoms with Crippen molar-refractivity contribution in [3.8, 4) is 11.5 Å². The molecule has 1 N–H and O–H groups in total. The summed E-state index contributed by atoms with van der Waals surface area (Å²) in [4.78, 5) is 0. The summed E-state index contributed by atoms with van der Waals surface area (Å²) in [6.45, 7) is 0. The molecule has 0 aliphatic heterocycles. The van der Waals surface area contributed by atoms with Gasteiger partial charge in [0.25, 0.3) is 0 Å². The zero-order chi connectivity index (χ0) is 15.7. The molecule has 1 rings (SSSR count). The first-order chi connectivity index (χ1) is 9.07. The van der Waals surface area contributed by atoms with Gasteiger partial charge in [-0.1, -0.05) is 0 Å². The van der Waals surface area contributed by atoms with E-state index >= 15 is 0 Å². The molecule has 114 valence electrons. The van der Waals surface area contributed by atoms with Crippen LogP contribution in [0.3, 0.4) is 0 Å². The minimum atomic E-state index is -5.89. The average molecular weight is 365 g/mol. The summed E-state index contributed by atoms with van der Waals surface area (Å²) in [5.74, 6) is -5.51. The van der Waals surface area contributed by atoms with Crippen molar-refractivity contribution in [1.29, 1.82) is 0 Å². The molecule has 1 aromatic rings. The van der Waals surface area contributed by atoms with Gasteiger partial charge in [0.15, 0.2) is 6.10 Å². The van der Waals surface area contributed by atoms with E-state index in [1.54, 1.807) is 0 Å². The second kappa shape index (κ2) is 5.72. The van der Waals surface area contributed by atoms with Crippen molar-refractivity contribution in [2.75, 3.05) is 14.2 Å². The van der Waals surface area contributed by atoms with Gasteiger partial charge in [-0.15, -0.1) is 0 Å². The van der Waals surface area contributed by atoms with Crippen LogP contribution in [0.25, 0.3) is 0 Å². The third kappa shape index (κ3) is 2.83. The van der Waals surface area contributed by atoms with Crippen molar-refractivity contribution < 1.29 is 36.5 Å². The molecule has 0 radical (unpaired) electrons. The molecule has 0 amide bonds. The van der Waals surface area contributed by atoms with Crippen LogP contribution >= 0.6 is 15.9 Å². The van der Waals surface area contributed by atoms with Gasteiger partial charge in [-0.05, 0) is 28.1 Å². The fourth-order valence-corrected chi connectivity index (χ4v) is 2.17. The Kier molecular flexibility index (Phi) is 4.86. The van der Waals surface area contributed by atoms with Crippen LogP contribution in [0.2, 0.25) is 0 Å². The first kappa shape index (κ1) is 17.0. The monoisotopic (exact) mass is 364 g/mol. The Morgan fingerprint density at radius 1 is 1.10 bits per heavy atom. The van der Waals surface area contributed by atoms with E-state index in [-0.39, 0.29) is 16.0 Å². The summed E-state index contributed by atoms with van der Waals surface area (Å²) in [6, 6.07) is 2.02. The summed E-state index contributed by atoms with van der Waals surface area (Å²) in [5, 5.41) is 9.37. The summed E-state index contributed by atoms with van der Waals surface area (Å²) < 4.78 is 72.8. The van der Waals surface area contributed by atoms with Crippen LogP contribution in [0.15, 0.2) is 16.6 Å². The maximum atomic E-state index is 13.2. The number of aliphatic hydroxyl groups is 1. The molecular weight excluding hydrogens is 355 g/mol. The molecule has 0 bridgehead atoms. The van der Waals surface area contributed by atoms with Gasteiger partial charge in [0.1, 0.15) is 16.0 Å². The highest BCUT2D eigenvalue weighted by molar-refractivity contribution is 9.10. The Morgan fingerprint density at radius 2 is 1.65 bits per heavy atom. The molecule has 1 atom stereocenters. The van der Waals surface area contributed by atoms with Crippen molar-refractivity contribution in [1.82, 2.24) is 0 Å². The smallest absolute Gasteiger partial charge is 0.456 e. The highest BCUT2D eigenvalue weighted by Crippen LogP contribution is 2.48. The number of hydrogen-bond donors (Lipinski definition) is 1. The number of hydrogen-bond acceptors (Lipinski definition) is 3. The van der Waals surface area contributed by atoms with E-state index in [2.05, 4.69) is 15.9 Å². The molecule has 3 nitrogen and oxygen atoms in total. The molecule has 0 aromatic heterocycles. The number of halogens is 6. The molecular formula is C11H10BrF5O3. The van der Waals surface area contributed by atoms with E-state index in [4.69, 9.17) is 9.47 Å². The van der Waals surface area contributed by atoms with E-state index in [9.17, 15) is 27.1 Å². The Morgan fingerprint density at radius 3 is 2.05 bits per heavy atom. The number of alkyl halides is 5.